The predicted octanol–water partition coefficient (Wildman–Crippen LogP) is 4.72. The molecule has 2 fully saturated rings. The molecule has 10 nitrogen and oxygen atoms in total. The summed E-state index contributed by atoms with van der Waals surface area (Å²) in [6, 6.07) is 1.74. The number of carbonyl (C=O) groups is 3. The van der Waals surface area contributed by atoms with Gasteiger partial charge < -0.3 is 19.7 Å². The fraction of sp³-hybridized carbons (Fsp3) is 0.704. The summed E-state index contributed by atoms with van der Waals surface area (Å²) >= 11 is 1.74. The fourth-order valence-electron chi connectivity index (χ4n) is 4.44. The molecule has 1 saturated heterocycles. The molecule has 2 N–H and O–H groups in total. The van der Waals surface area contributed by atoms with Crippen molar-refractivity contribution in [2.24, 2.45) is 5.92 Å². The monoisotopic (exact) mass is 547 g/mol. The molecule has 3 aliphatic rings. The summed E-state index contributed by atoms with van der Waals surface area (Å²) < 4.78 is 12.3. The summed E-state index contributed by atoms with van der Waals surface area (Å²) in [5.41, 5.74) is 0.736. The standard InChI is InChI=1S/C27H41N5O5S/c1-16(19-15-38-23(28-19)18-9-8-12-31(14-18)24(34)36-26(2,3)4)22(33)29-21-13-20(17-10-11-17)32(30-21)25(35)37-27(5,6)7/h9,13,16-17,19,23,28H,8,10-12,14-15H2,1-7H3,(H,29,30,33). The van der Waals surface area contributed by atoms with E-state index in [9.17, 15) is 14.4 Å². The van der Waals surface area contributed by atoms with Crippen LogP contribution in [0, 0.1) is 5.92 Å². The molecule has 3 atom stereocenters. The maximum Gasteiger partial charge on any atom is 0.435 e. The van der Waals surface area contributed by atoms with Crippen molar-refractivity contribution < 1.29 is 23.9 Å². The van der Waals surface area contributed by atoms with Crippen LogP contribution in [-0.4, -0.2) is 74.2 Å². The second kappa shape index (κ2) is 10.9. The third-order valence-electron chi connectivity index (χ3n) is 6.54. The first-order chi connectivity index (χ1) is 17.7. The van der Waals surface area contributed by atoms with Gasteiger partial charge >= 0.3 is 12.2 Å². The minimum atomic E-state index is -0.637. The Bertz CT molecular complexity index is 1100. The van der Waals surface area contributed by atoms with Crippen molar-refractivity contribution in [2.75, 3.05) is 24.2 Å². The number of rotatable bonds is 5. The highest BCUT2D eigenvalue weighted by atomic mass is 32.2. The minimum Gasteiger partial charge on any atom is -0.444 e. The quantitative estimate of drug-likeness (QED) is 0.509. The lowest BCUT2D eigenvalue weighted by molar-refractivity contribution is -0.120. The van der Waals surface area contributed by atoms with Crippen LogP contribution in [-0.2, 0) is 14.3 Å². The molecule has 11 heteroatoms. The SMILES string of the molecule is CC(C(=O)Nc1cc(C2CC2)n(C(=O)OC(C)(C)C)n1)C1CSC(C2=CCCN(C(=O)OC(C)(C)C)C2)N1. The van der Waals surface area contributed by atoms with Gasteiger partial charge in [0.25, 0.3) is 0 Å². The van der Waals surface area contributed by atoms with Gasteiger partial charge in [-0.15, -0.1) is 16.9 Å². The van der Waals surface area contributed by atoms with Gasteiger partial charge in [0.05, 0.1) is 17.0 Å². The smallest absolute Gasteiger partial charge is 0.435 e. The number of anilines is 1. The van der Waals surface area contributed by atoms with Crippen LogP contribution < -0.4 is 10.6 Å². The summed E-state index contributed by atoms with van der Waals surface area (Å²) in [4.78, 5) is 40.1. The molecule has 0 bridgehead atoms. The van der Waals surface area contributed by atoms with Crippen LogP contribution in [0.25, 0.3) is 0 Å². The molecule has 1 saturated carbocycles. The Morgan fingerprint density at radius 1 is 1.11 bits per heavy atom. The molecule has 4 rings (SSSR count). The van der Waals surface area contributed by atoms with E-state index < -0.39 is 17.3 Å². The Morgan fingerprint density at radius 2 is 1.76 bits per heavy atom. The molecule has 0 spiro atoms. The number of nitrogens with zero attached hydrogens (tertiary/aromatic N) is 3. The van der Waals surface area contributed by atoms with Gasteiger partial charge in [-0.2, -0.15) is 4.68 Å². The van der Waals surface area contributed by atoms with Gasteiger partial charge in [0.2, 0.25) is 5.91 Å². The second-order valence-corrected chi connectivity index (χ2v) is 13.5. The number of thioether (sulfide) groups is 1. The summed E-state index contributed by atoms with van der Waals surface area (Å²) in [6.07, 6.45) is 4.10. The molecule has 0 aromatic carbocycles. The Morgan fingerprint density at radius 3 is 2.39 bits per heavy atom. The van der Waals surface area contributed by atoms with Crippen molar-refractivity contribution in [3.05, 3.63) is 23.4 Å². The van der Waals surface area contributed by atoms with Crippen LogP contribution in [0.15, 0.2) is 17.7 Å². The Kier molecular flexibility index (Phi) is 8.18. The summed E-state index contributed by atoms with van der Waals surface area (Å²) in [7, 11) is 0. The average molecular weight is 548 g/mol. The van der Waals surface area contributed by atoms with Crippen LogP contribution in [0.1, 0.15) is 79.3 Å². The van der Waals surface area contributed by atoms with Gasteiger partial charge in [-0.25, -0.2) is 9.59 Å². The number of amides is 2. The van der Waals surface area contributed by atoms with Crippen LogP contribution in [0.2, 0.25) is 0 Å². The molecule has 1 aromatic heterocycles. The number of hydrogen-bond acceptors (Lipinski definition) is 8. The molecule has 3 heterocycles. The number of carbonyl (C=O) groups excluding carboxylic acids is 3. The minimum absolute atomic E-state index is 0.0355. The summed E-state index contributed by atoms with van der Waals surface area (Å²) in [6.45, 7) is 14.1. The van der Waals surface area contributed by atoms with Crippen molar-refractivity contribution in [1.82, 2.24) is 20.0 Å². The van der Waals surface area contributed by atoms with Crippen molar-refractivity contribution in [1.29, 1.82) is 0 Å². The van der Waals surface area contributed by atoms with Crippen molar-refractivity contribution in [2.45, 2.75) is 96.3 Å². The molecular weight excluding hydrogens is 506 g/mol. The summed E-state index contributed by atoms with van der Waals surface area (Å²) in [5, 5.41) is 10.9. The van der Waals surface area contributed by atoms with E-state index in [2.05, 4.69) is 21.8 Å². The average Bonchev–Trinajstić information content (AvgIpc) is 3.37. The molecule has 2 aliphatic heterocycles. The molecule has 0 radical (unpaired) electrons. The molecule has 2 amide bonds. The van der Waals surface area contributed by atoms with Crippen molar-refractivity contribution in [3.8, 4) is 0 Å². The third kappa shape index (κ3) is 7.31. The largest absolute Gasteiger partial charge is 0.444 e. The number of aromatic nitrogens is 2. The zero-order chi connectivity index (χ0) is 27.8. The first kappa shape index (κ1) is 28.5. The Labute approximate surface area is 229 Å². The van der Waals surface area contributed by atoms with Gasteiger partial charge in [0.1, 0.15) is 11.2 Å². The topological polar surface area (TPSA) is 115 Å². The second-order valence-electron chi connectivity index (χ2n) is 12.4. The van der Waals surface area contributed by atoms with E-state index in [0.717, 1.165) is 36.3 Å². The third-order valence-corrected chi connectivity index (χ3v) is 7.87. The highest BCUT2D eigenvalue weighted by molar-refractivity contribution is 8.00. The number of ether oxygens (including phenoxy) is 2. The van der Waals surface area contributed by atoms with E-state index in [1.165, 1.54) is 4.68 Å². The lowest BCUT2D eigenvalue weighted by Gasteiger charge is -2.32. The zero-order valence-electron chi connectivity index (χ0n) is 23.5. The zero-order valence-corrected chi connectivity index (χ0v) is 24.3. The molecule has 38 heavy (non-hydrogen) atoms. The van der Waals surface area contributed by atoms with Gasteiger partial charge in [-0.05, 0) is 66.4 Å². The first-order valence-electron chi connectivity index (χ1n) is 13.4. The van der Waals surface area contributed by atoms with Crippen molar-refractivity contribution in [3.63, 3.8) is 0 Å². The lowest BCUT2D eigenvalue weighted by atomic mass is 10.0. The molecule has 1 aromatic rings. The normalized spacial score (nSPS) is 23.0. The molecule has 3 unspecified atom stereocenters. The van der Waals surface area contributed by atoms with Gasteiger partial charge in [-0.1, -0.05) is 13.0 Å². The molecule has 210 valence electrons. The Balaban J connectivity index is 1.34. The van der Waals surface area contributed by atoms with E-state index >= 15 is 0 Å². The molecular formula is C27H41N5O5S. The maximum atomic E-state index is 13.2. The van der Waals surface area contributed by atoms with E-state index in [-0.39, 0.29) is 35.3 Å². The van der Waals surface area contributed by atoms with Crippen molar-refractivity contribution >= 4 is 35.7 Å². The van der Waals surface area contributed by atoms with E-state index in [1.807, 2.05) is 48.5 Å². The van der Waals surface area contributed by atoms with Crippen LogP contribution in [0.5, 0.6) is 0 Å². The van der Waals surface area contributed by atoms with Gasteiger partial charge in [0.15, 0.2) is 5.82 Å². The number of hydrogen-bond donors (Lipinski definition) is 2. The maximum absolute atomic E-state index is 13.2. The summed E-state index contributed by atoms with van der Waals surface area (Å²) in [5.74, 6) is 0.904. The Hall–Kier alpha value is -2.53. The highest BCUT2D eigenvalue weighted by Crippen LogP contribution is 2.41. The molecule has 1 aliphatic carbocycles. The highest BCUT2D eigenvalue weighted by Gasteiger charge is 2.37. The number of nitrogens with one attached hydrogen (secondary N) is 2. The van der Waals surface area contributed by atoms with Crippen LogP contribution >= 0.6 is 11.8 Å². The van der Waals surface area contributed by atoms with Gasteiger partial charge in [-0.3, -0.25) is 10.1 Å². The van der Waals surface area contributed by atoms with Crippen LogP contribution in [0.4, 0.5) is 15.4 Å². The van der Waals surface area contributed by atoms with E-state index in [4.69, 9.17) is 9.47 Å². The van der Waals surface area contributed by atoms with Gasteiger partial charge in [0, 0.05) is 36.9 Å². The van der Waals surface area contributed by atoms with E-state index in [1.54, 1.807) is 22.7 Å². The lowest BCUT2D eigenvalue weighted by Crippen LogP contribution is -2.45. The van der Waals surface area contributed by atoms with Crippen LogP contribution in [0.3, 0.4) is 0 Å². The first-order valence-corrected chi connectivity index (χ1v) is 14.4. The predicted molar refractivity (Wildman–Crippen MR) is 147 cm³/mol. The fourth-order valence-corrected chi connectivity index (χ4v) is 5.88. The van der Waals surface area contributed by atoms with E-state index in [0.29, 0.717) is 18.9 Å².